The molecular weight excluding hydrogens is 456 g/mol. The van der Waals surface area contributed by atoms with E-state index < -0.39 is 10.0 Å². The molecule has 0 aliphatic carbocycles. The summed E-state index contributed by atoms with van der Waals surface area (Å²) in [5.74, 6) is 0.869. The zero-order valence-corrected chi connectivity index (χ0v) is 19.8. The van der Waals surface area contributed by atoms with Gasteiger partial charge in [0.1, 0.15) is 10.0 Å². The van der Waals surface area contributed by atoms with Crippen molar-refractivity contribution < 1.29 is 8.42 Å². The van der Waals surface area contributed by atoms with Crippen LogP contribution in [0.15, 0.2) is 51.6 Å². The van der Waals surface area contributed by atoms with E-state index in [1.54, 1.807) is 16.6 Å². The molecule has 0 unspecified atom stereocenters. The van der Waals surface area contributed by atoms with Crippen molar-refractivity contribution in [3.63, 3.8) is 0 Å². The van der Waals surface area contributed by atoms with Gasteiger partial charge in [-0.3, -0.25) is 4.79 Å². The van der Waals surface area contributed by atoms with Crippen LogP contribution in [0.3, 0.4) is 0 Å². The van der Waals surface area contributed by atoms with Crippen LogP contribution in [0.25, 0.3) is 10.4 Å². The molecular formula is C21H25ClN4O3S2. The van der Waals surface area contributed by atoms with Crippen LogP contribution in [0.5, 0.6) is 0 Å². The van der Waals surface area contributed by atoms with Crippen molar-refractivity contribution in [1.82, 2.24) is 14.3 Å². The van der Waals surface area contributed by atoms with Crippen LogP contribution >= 0.6 is 23.7 Å². The Hall–Kier alpha value is -2.20. The van der Waals surface area contributed by atoms with Crippen molar-refractivity contribution in [2.75, 3.05) is 31.1 Å². The van der Waals surface area contributed by atoms with Gasteiger partial charge in [0.2, 0.25) is 0 Å². The molecule has 0 saturated carbocycles. The molecule has 7 nitrogen and oxygen atoms in total. The SMILES string of the molecule is CCc1cc(-c2ccc(S(=O)(=O)N3CCN(c4ccccn4)CC3)s2)c(C)[nH]c1=O.Cl. The minimum Gasteiger partial charge on any atom is -0.354 e. The van der Waals surface area contributed by atoms with Crippen molar-refractivity contribution in [1.29, 1.82) is 0 Å². The lowest BCUT2D eigenvalue weighted by Crippen LogP contribution is -2.48. The fraction of sp³-hybridized carbons (Fsp3) is 0.333. The summed E-state index contributed by atoms with van der Waals surface area (Å²) in [6.45, 7) is 5.81. The average Bonchev–Trinajstić information content (AvgIpc) is 3.25. The number of rotatable bonds is 5. The van der Waals surface area contributed by atoms with Crippen molar-refractivity contribution >= 4 is 39.6 Å². The summed E-state index contributed by atoms with van der Waals surface area (Å²) in [6, 6.07) is 11.1. The Bertz CT molecular complexity index is 1200. The molecule has 3 aromatic heterocycles. The lowest BCUT2D eigenvalue weighted by atomic mass is 10.1. The summed E-state index contributed by atoms with van der Waals surface area (Å²) in [7, 11) is -3.56. The van der Waals surface area contributed by atoms with E-state index in [-0.39, 0.29) is 18.0 Å². The molecule has 0 atom stereocenters. The van der Waals surface area contributed by atoms with Gasteiger partial charge >= 0.3 is 0 Å². The van der Waals surface area contributed by atoms with Crippen LogP contribution in [-0.2, 0) is 16.4 Å². The van der Waals surface area contributed by atoms with Crippen LogP contribution in [0.1, 0.15) is 18.2 Å². The minimum atomic E-state index is -3.56. The Kier molecular flexibility index (Phi) is 7.20. The summed E-state index contributed by atoms with van der Waals surface area (Å²) in [5.41, 5.74) is 2.22. The minimum absolute atomic E-state index is 0. The van der Waals surface area contributed by atoms with Crippen LogP contribution < -0.4 is 10.5 Å². The Morgan fingerprint density at radius 2 is 1.87 bits per heavy atom. The second-order valence-electron chi connectivity index (χ2n) is 7.21. The standard InChI is InChI=1S/C21H24N4O3S2.ClH/c1-3-16-14-17(15(2)23-21(16)26)18-7-8-20(29-18)30(27,28)25-12-10-24(11-13-25)19-6-4-5-9-22-19;/h4-9,14H,3,10-13H2,1-2H3,(H,23,26);1H. The number of aryl methyl sites for hydroxylation is 2. The molecule has 166 valence electrons. The van der Waals surface area contributed by atoms with E-state index in [1.165, 1.54) is 11.3 Å². The zero-order valence-electron chi connectivity index (χ0n) is 17.4. The van der Waals surface area contributed by atoms with Gasteiger partial charge in [0.25, 0.3) is 15.6 Å². The number of hydrogen-bond donors (Lipinski definition) is 1. The number of aromatic nitrogens is 2. The third kappa shape index (κ3) is 4.69. The predicted octanol–water partition coefficient (Wildman–Crippen LogP) is 3.30. The van der Waals surface area contributed by atoms with E-state index in [9.17, 15) is 13.2 Å². The van der Waals surface area contributed by atoms with Crippen molar-refractivity contribution in [3.8, 4) is 10.4 Å². The third-order valence-electron chi connectivity index (χ3n) is 5.35. The summed E-state index contributed by atoms with van der Waals surface area (Å²) in [5, 5.41) is 0. The number of H-pyrrole nitrogens is 1. The topological polar surface area (TPSA) is 86.4 Å². The number of sulfonamides is 1. The number of halogens is 1. The Labute approximate surface area is 192 Å². The molecule has 1 saturated heterocycles. The number of pyridine rings is 2. The normalized spacial score (nSPS) is 15.0. The monoisotopic (exact) mass is 480 g/mol. The quantitative estimate of drug-likeness (QED) is 0.605. The van der Waals surface area contributed by atoms with E-state index in [0.29, 0.717) is 42.4 Å². The number of thiophene rings is 1. The van der Waals surface area contributed by atoms with Gasteiger partial charge in [-0.2, -0.15) is 4.31 Å². The molecule has 0 spiro atoms. The van der Waals surface area contributed by atoms with Gasteiger partial charge in [-0.1, -0.05) is 13.0 Å². The molecule has 1 fully saturated rings. The molecule has 0 radical (unpaired) electrons. The van der Waals surface area contributed by atoms with Crippen LogP contribution in [0.4, 0.5) is 5.82 Å². The van der Waals surface area contributed by atoms with Gasteiger partial charge in [-0.05, 0) is 43.7 Å². The van der Waals surface area contributed by atoms with E-state index in [1.807, 2.05) is 44.2 Å². The van der Waals surface area contributed by atoms with E-state index in [2.05, 4.69) is 14.9 Å². The number of anilines is 1. The molecule has 4 heterocycles. The third-order valence-corrected chi connectivity index (χ3v) is 8.83. The first-order chi connectivity index (χ1) is 14.4. The molecule has 10 heteroatoms. The van der Waals surface area contributed by atoms with E-state index in [0.717, 1.165) is 22.0 Å². The maximum absolute atomic E-state index is 13.2. The van der Waals surface area contributed by atoms with Gasteiger partial charge in [0.05, 0.1) is 0 Å². The molecule has 0 amide bonds. The van der Waals surface area contributed by atoms with Crippen LogP contribution in [0.2, 0.25) is 0 Å². The first-order valence-corrected chi connectivity index (χ1v) is 12.1. The fourth-order valence-electron chi connectivity index (χ4n) is 3.61. The van der Waals surface area contributed by atoms with Gasteiger partial charge in [-0.15, -0.1) is 23.7 Å². The van der Waals surface area contributed by atoms with E-state index >= 15 is 0 Å². The largest absolute Gasteiger partial charge is 0.354 e. The maximum atomic E-state index is 13.2. The van der Waals surface area contributed by atoms with Crippen molar-refractivity contribution in [3.05, 3.63) is 64.2 Å². The number of piperazine rings is 1. The summed E-state index contributed by atoms with van der Waals surface area (Å²) < 4.78 is 28.2. The average molecular weight is 481 g/mol. The lowest BCUT2D eigenvalue weighted by Gasteiger charge is -2.34. The highest BCUT2D eigenvalue weighted by Gasteiger charge is 2.30. The number of nitrogens with one attached hydrogen (secondary N) is 1. The Balaban J connectivity index is 0.00000272. The molecule has 0 aromatic carbocycles. The van der Waals surface area contributed by atoms with Gasteiger partial charge < -0.3 is 9.88 Å². The molecule has 1 aliphatic heterocycles. The Morgan fingerprint density at radius 1 is 1.13 bits per heavy atom. The highest BCUT2D eigenvalue weighted by Crippen LogP contribution is 2.34. The zero-order chi connectivity index (χ0) is 21.3. The summed E-state index contributed by atoms with van der Waals surface area (Å²) >= 11 is 1.25. The molecule has 1 N–H and O–H groups in total. The molecule has 3 aromatic rings. The summed E-state index contributed by atoms with van der Waals surface area (Å²) in [4.78, 5) is 22.1. The van der Waals surface area contributed by atoms with Crippen molar-refractivity contribution in [2.24, 2.45) is 0 Å². The van der Waals surface area contributed by atoms with Gasteiger partial charge in [0, 0.05) is 54.1 Å². The molecule has 1 aliphatic rings. The second-order valence-corrected chi connectivity index (χ2v) is 10.5. The van der Waals surface area contributed by atoms with E-state index in [4.69, 9.17) is 0 Å². The molecule has 0 bridgehead atoms. The van der Waals surface area contributed by atoms with Crippen molar-refractivity contribution in [2.45, 2.75) is 24.5 Å². The smallest absolute Gasteiger partial charge is 0.252 e. The first kappa shape index (κ1) is 23.5. The first-order valence-electron chi connectivity index (χ1n) is 9.89. The summed E-state index contributed by atoms with van der Waals surface area (Å²) in [6.07, 6.45) is 2.37. The molecule has 31 heavy (non-hydrogen) atoms. The van der Waals surface area contributed by atoms with Crippen LogP contribution in [0, 0.1) is 6.92 Å². The predicted molar refractivity (Wildman–Crippen MR) is 127 cm³/mol. The number of hydrogen-bond acceptors (Lipinski definition) is 6. The fourth-order valence-corrected chi connectivity index (χ4v) is 6.57. The highest BCUT2D eigenvalue weighted by atomic mass is 35.5. The second kappa shape index (κ2) is 9.52. The Morgan fingerprint density at radius 3 is 2.52 bits per heavy atom. The highest BCUT2D eigenvalue weighted by molar-refractivity contribution is 7.91. The maximum Gasteiger partial charge on any atom is 0.252 e. The lowest BCUT2D eigenvalue weighted by molar-refractivity contribution is 0.385. The van der Waals surface area contributed by atoms with Crippen LogP contribution in [-0.4, -0.2) is 48.9 Å². The number of aromatic amines is 1. The van der Waals surface area contributed by atoms with Gasteiger partial charge in [0.15, 0.2) is 0 Å². The van der Waals surface area contributed by atoms with Gasteiger partial charge in [-0.25, -0.2) is 13.4 Å². The molecule has 4 rings (SSSR count). The number of nitrogens with zero attached hydrogens (tertiary/aromatic N) is 3.